The Balaban J connectivity index is 0.000000272. The predicted octanol–water partition coefficient (Wildman–Crippen LogP) is 8.62. The van der Waals surface area contributed by atoms with Crippen molar-refractivity contribution in [1.82, 2.24) is 4.98 Å². The van der Waals surface area contributed by atoms with E-state index in [1.54, 1.807) is 0 Å². The Bertz CT molecular complexity index is 1570. The van der Waals surface area contributed by atoms with Crippen LogP contribution in [0.1, 0.15) is 67.6 Å². The summed E-state index contributed by atoms with van der Waals surface area (Å²) >= 11 is 0. The maximum atomic E-state index is 13.0. The second-order valence-electron chi connectivity index (χ2n) is 10.5. The van der Waals surface area contributed by atoms with Crippen LogP contribution in [0.15, 0.2) is 72.6 Å². The molecule has 0 bridgehead atoms. The summed E-state index contributed by atoms with van der Waals surface area (Å²) in [6, 6.07) is 21.3. The first-order valence-electron chi connectivity index (χ1n) is 13.7. The Hall–Kier alpha value is -3.40. The van der Waals surface area contributed by atoms with Gasteiger partial charge in [0.1, 0.15) is 0 Å². The molecule has 0 amide bonds. The smallest absolute Gasteiger partial charge is 0.194 e. The number of ketones is 2. The quantitative estimate of drug-likeness (QED) is 0.109. The standard InChI is InChI=1S/C24H16NO.C11H20O2.Ir/c1-14-10-15(2)12-16(11-14)23-19-8-5-9-20-22(19)21(13-25-23)17-6-3-4-7-18(17)24(20)26;1-5-8(3)10(12)7-11(13)9(4)6-2;/h3-11,13H,1-2H3;7-9,12H,5-6H2,1-4H3;/q-1;;/b;10-7-;. The molecule has 0 fully saturated rings. The van der Waals surface area contributed by atoms with E-state index < -0.39 is 0 Å². The molecule has 1 aromatic heterocycles. The normalized spacial score (nSPS) is 13.4. The molecule has 40 heavy (non-hydrogen) atoms. The minimum Gasteiger partial charge on any atom is -0.512 e. The van der Waals surface area contributed by atoms with Crippen molar-refractivity contribution in [2.24, 2.45) is 11.8 Å². The summed E-state index contributed by atoms with van der Waals surface area (Å²) in [7, 11) is 0. The maximum absolute atomic E-state index is 13.0. The van der Waals surface area contributed by atoms with Gasteiger partial charge in [0.25, 0.3) is 0 Å². The van der Waals surface area contributed by atoms with Crippen LogP contribution in [0, 0.1) is 31.7 Å². The Morgan fingerprint density at radius 3 is 2.23 bits per heavy atom. The summed E-state index contributed by atoms with van der Waals surface area (Å²) in [5.41, 5.74) is 7.61. The summed E-state index contributed by atoms with van der Waals surface area (Å²) < 4.78 is 0. The van der Waals surface area contributed by atoms with Crippen LogP contribution in [0.5, 0.6) is 0 Å². The van der Waals surface area contributed by atoms with Gasteiger partial charge in [0, 0.05) is 60.9 Å². The van der Waals surface area contributed by atoms with Gasteiger partial charge in [0.2, 0.25) is 0 Å². The molecule has 0 saturated heterocycles. The SMILES string of the molecule is CCC(C)C(=O)/C=C(\O)C(C)CC.Cc1[c-]c(-c2ncc3c4c(cccc24)C(=O)c2ccccc2-3)cc(C)c1.[Ir]. The number of allylic oxidation sites excluding steroid dienone is 2. The number of carbonyl (C=O) groups is 2. The number of benzene rings is 3. The van der Waals surface area contributed by atoms with Crippen molar-refractivity contribution in [3.63, 3.8) is 0 Å². The van der Waals surface area contributed by atoms with Crippen LogP contribution in [0.3, 0.4) is 0 Å². The van der Waals surface area contributed by atoms with E-state index in [0.29, 0.717) is 0 Å². The van der Waals surface area contributed by atoms with Crippen molar-refractivity contribution in [3.05, 3.63) is 101 Å². The third kappa shape index (κ3) is 6.32. The first kappa shape index (κ1) is 31.1. The molecule has 2 atom stereocenters. The molecular weight excluding hydrogens is 675 g/mol. The fourth-order valence-electron chi connectivity index (χ4n) is 4.84. The van der Waals surface area contributed by atoms with Gasteiger partial charge in [-0.15, -0.1) is 34.9 Å². The molecule has 0 saturated carbocycles. The van der Waals surface area contributed by atoms with Gasteiger partial charge in [0.05, 0.1) is 5.76 Å². The van der Waals surface area contributed by atoms with Crippen LogP contribution < -0.4 is 0 Å². The second-order valence-corrected chi connectivity index (χ2v) is 10.5. The summed E-state index contributed by atoms with van der Waals surface area (Å²) in [6.07, 6.45) is 4.96. The number of rotatable bonds is 6. The average molecular weight is 711 g/mol. The van der Waals surface area contributed by atoms with E-state index in [1.807, 2.05) is 77.2 Å². The first-order valence-corrected chi connectivity index (χ1v) is 13.7. The molecule has 0 spiro atoms. The van der Waals surface area contributed by atoms with E-state index in [-0.39, 0.29) is 49.3 Å². The van der Waals surface area contributed by atoms with Gasteiger partial charge in [-0.3, -0.25) is 9.59 Å². The third-order valence-corrected chi connectivity index (χ3v) is 7.53. The van der Waals surface area contributed by atoms with Crippen molar-refractivity contribution in [2.45, 2.75) is 54.4 Å². The molecule has 209 valence electrons. The summed E-state index contributed by atoms with van der Waals surface area (Å²) in [4.78, 5) is 29.2. The number of aryl methyl sites for hydroxylation is 2. The van der Waals surface area contributed by atoms with Crippen LogP contribution in [0.4, 0.5) is 0 Å². The molecule has 1 aliphatic rings. The zero-order valence-corrected chi connectivity index (χ0v) is 26.4. The van der Waals surface area contributed by atoms with Crippen molar-refractivity contribution in [1.29, 1.82) is 0 Å². The van der Waals surface area contributed by atoms with Gasteiger partial charge < -0.3 is 10.1 Å². The Morgan fingerprint density at radius 1 is 0.925 bits per heavy atom. The van der Waals surface area contributed by atoms with Gasteiger partial charge in [-0.2, -0.15) is 0 Å². The summed E-state index contributed by atoms with van der Waals surface area (Å²) in [5, 5.41) is 11.5. The van der Waals surface area contributed by atoms with E-state index in [9.17, 15) is 14.7 Å². The van der Waals surface area contributed by atoms with Gasteiger partial charge >= 0.3 is 0 Å². The molecule has 4 aromatic rings. The van der Waals surface area contributed by atoms with Crippen molar-refractivity contribution < 1.29 is 34.8 Å². The molecule has 1 aliphatic carbocycles. The second kappa shape index (κ2) is 13.3. The van der Waals surface area contributed by atoms with Crippen LogP contribution in [0.25, 0.3) is 33.2 Å². The Kier molecular flexibility index (Phi) is 10.4. The Labute approximate surface area is 250 Å². The third-order valence-electron chi connectivity index (χ3n) is 7.53. The Morgan fingerprint density at radius 2 is 1.57 bits per heavy atom. The number of aromatic nitrogens is 1. The number of aliphatic hydroxyl groups excluding tert-OH is 1. The van der Waals surface area contributed by atoms with Gasteiger partial charge in [0.15, 0.2) is 11.6 Å². The first-order chi connectivity index (χ1) is 18.7. The molecule has 0 aliphatic heterocycles. The maximum Gasteiger partial charge on any atom is 0.194 e. The number of hydrogen-bond acceptors (Lipinski definition) is 4. The molecular formula is C35H36IrNO3-. The summed E-state index contributed by atoms with van der Waals surface area (Å²) in [5.74, 6) is 0.438. The summed E-state index contributed by atoms with van der Waals surface area (Å²) in [6.45, 7) is 11.9. The predicted molar refractivity (Wildman–Crippen MR) is 159 cm³/mol. The van der Waals surface area contributed by atoms with Gasteiger partial charge in [-0.25, -0.2) is 0 Å². The molecule has 1 heterocycles. The molecule has 3 aromatic carbocycles. The van der Waals surface area contributed by atoms with Gasteiger partial charge in [-0.1, -0.05) is 84.0 Å². The van der Waals surface area contributed by atoms with Gasteiger partial charge in [-0.05, 0) is 34.9 Å². The number of aliphatic hydroxyl groups is 1. The van der Waals surface area contributed by atoms with Crippen molar-refractivity contribution >= 4 is 22.3 Å². The van der Waals surface area contributed by atoms with Crippen molar-refractivity contribution in [2.75, 3.05) is 0 Å². The average Bonchev–Trinajstić information content (AvgIpc) is 2.94. The monoisotopic (exact) mass is 711 g/mol. The van der Waals surface area contributed by atoms with Crippen LogP contribution >= 0.6 is 0 Å². The van der Waals surface area contributed by atoms with Crippen LogP contribution in [-0.4, -0.2) is 21.7 Å². The van der Waals surface area contributed by atoms with E-state index in [2.05, 4.69) is 31.2 Å². The molecule has 4 nitrogen and oxygen atoms in total. The fraction of sp³-hybridized carbons (Fsp3) is 0.286. The molecule has 5 heteroatoms. The van der Waals surface area contributed by atoms with Crippen LogP contribution in [-0.2, 0) is 24.9 Å². The van der Waals surface area contributed by atoms with E-state index in [0.717, 1.165) is 62.7 Å². The minimum atomic E-state index is 0. The number of pyridine rings is 1. The molecule has 1 N–H and O–H groups in total. The van der Waals surface area contributed by atoms with E-state index >= 15 is 0 Å². The van der Waals surface area contributed by atoms with E-state index in [1.165, 1.54) is 11.6 Å². The fourth-order valence-corrected chi connectivity index (χ4v) is 4.84. The minimum absolute atomic E-state index is 0. The van der Waals surface area contributed by atoms with Crippen LogP contribution in [0.2, 0.25) is 0 Å². The zero-order chi connectivity index (χ0) is 28.3. The molecule has 5 rings (SSSR count). The number of hydrogen-bond donors (Lipinski definition) is 1. The largest absolute Gasteiger partial charge is 0.512 e. The zero-order valence-electron chi connectivity index (χ0n) is 24.0. The number of carbonyl (C=O) groups excluding carboxylic acids is 2. The van der Waals surface area contributed by atoms with E-state index in [4.69, 9.17) is 4.98 Å². The molecule has 1 radical (unpaired) electrons. The molecule has 2 unspecified atom stereocenters. The van der Waals surface area contributed by atoms with Crippen molar-refractivity contribution in [3.8, 4) is 22.4 Å². The topological polar surface area (TPSA) is 67.3 Å². The number of fused-ring (bicyclic) bond motifs is 2. The number of nitrogens with zero attached hydrogens (tertiary/aromatic N) is 1.